The Labute approximate surface area is 197 Å². The summed E-state index contributed by atoms with van der Waals surface area (Å²) in [4.78, 5) is 18.1. The van der Waals surface area contributed by atoms with E-state index < -0.39 is 22.0 Å². The lowest BCUT2D eigenvalue weighted by atomic mass is 9.94. The number of ether oxygens (including phenoxy) is 1. The van der Waals surface area contributed by atoms with E-state index in [1.165, 1.54) is 4.31 Å². The van der Waals surface area contributed by atoms with Crippen molar-refractivity contribution in [1.29, 1.82) is 0 Å². The summed E-state index contributed by atoms with van der Waals surface area (Å²) in [6.07, 6.45) is 0.914. The minimum atomic E-state index is -3.89. The molecule has 0 N–H and O–H groups in total. The van der Waals surface area contributed by atoms with Gasteiger partial charge in [0.2, 0.25) is 5.91 Å². The number of rotatable bonds is 4. The quantitative estimate of drug-likeness (QED) is 0.685. The van der Waals surface area contributed by atoms with Gasteiger partial charge in [0.05, 0.1) is 29.7 Å². The molecule has 2 aliphatic heterocycles. The average molecular weight is 472 g/mol. The molecule has 4 rings (SSSR count). The van der Waals surface area contributed by atoms with Crippen molar-refractivity contribution in [3.05, 3.63) is 53.1 Å². The molecule has 0 aliphatic carbocycles. The SMILES string of the molecule is COc1ccc(S(=O)(=O)N2c3ccccc3[C@H](C(=O)N3CCCN(C)CC3)[C@@H]2C)c(C)c1C. The molecule has 33 heavy (non-hydrogen) atoms. The van der Waals surface area contributed by atoms with E-state index in [0.29, 0.717) is 30.1 Å². The first-order valence-corrected chi connectivity index (χ1v) is 12.9. The molecule has 0 spiro atoms. The number of benzene rings is 2. The molecular formula is C25H33N3O4S. The lowest BCUT2D eigenvalue weighted by Gasteiger charge is -2.30. The summed E-state index contributed by atoms with van der Waals surface area (Å²) < 4.78 is 34.8. The molecule has 2 heterocycles. The zero-order valence-electron chi connectivity index (χ0n) is 20.0. The molecule has 2 aromatic rings. The number of para-hydroxylation sites is 1. The maximum absolute atomic E-state index is 14.0. The summed E-state index contributed by atoms with van der Waals surface area (Å²) in [5.74, 6) is 0.130. The van der Waals surface area contributed by atoms with Gasteiger partial charge in [0.15, 0.2) is 0 Å². The molecule has 2 atom stereocenters. The Kier molecular flexibility index (Phi) is 6.42. The van der Waals surface area contributed by atoms with E-state index in [9.17, 15) is 13.2 Å². The smallest absolute Gasteiger partial charge is 0.264 e. The van der Waals surface area contributed by atoms with Crippen LogP contribution in [0.25, 0.3) is 0 Å². The van der Waals surface area contributed by atoms with Crippen LogP contribution in [0.2, 0.25) is 0 Å². The lowest BCUT2D eigenvalue weighted by Crippen LogP contribution is -2.44. The fourth-order valence-electron chi connectivity index (χ4n) is 5.09. The van der Waals surface area contributed by atoms with Crippen molar-refractivity contribution in [3.63, 3.8) is 0 Å². The minimum Gasteiger partial charge on any atom is -0.496 e. The third-order valence-electron chi connectivity index (χ3n) is 7.10. The third kappa shape index (κ3) is 3.99. The van der Waals surface area contributed by atoms with Crippen molar-refractivity contribution in [3.8, 4) is 5.75 Å². The molecule has 0 aromatic heterocycles. The number of hydrogen-bond donors (Lipinski definition) is 0. The predicted molar refractivity (Wildman–Crippen MR) is 129 cm³/mol. The van der Waals surface area contributed by atoms with Crippen LogP contribution in [0.3, 0.4) is 0 Å². The van der Waals surface area contributed by atoms with Gasteiger partial charge < -0.3 is 14.5 Å². The standard InChI is InChI=1S/C25H33N3O4S/c1-17-18(2)23(12-11-22(17)32-5)33(30,31)28-19(3)24(20-9-6-7-10-21(20)28)25(29)27-14-8-13-26(4)15-16-27/h6-7,9-12,19,24H,8,13-16H2,1-5H3/t19-,24+/m0/s1. The Bertz CT molecular complexity index is 1160. The first-order valence-electron chi connectivity index (χ1n) is 11.4. The van der Waals surface area contributed by atoms with Crippen LogP contribution < -0.4 is 9.04 Å². The van der Waals surface area contributed by atoms with Crippen LogP contribution in [-0.4, -0.2) is 70.5 Å². The van der Waals surface area contributed by atoms with Gasteiger partial charge in [-0.15, -0.1) is 0 Å². The Morgan fingerprint density at radius 2 is 1.73 bits per heavy atom. The Hall–Kier alpha value is -2.58. The van der Waals surface area contributed by atoms with Gasteiger partial charge in [0.1, 0.15) is 5.75 Å². The number of amides is 1. The van der Waals surface area contributed by atoms with Crippen LogP contribution in [0.4, 0.5) is 5.69 Å². The average Bonchev–Trinajstić information content (AvgIpc) is 2.92. The normalized spacial score (nSPS) is 21.6. The van der Waals surface area contributed by atoms with Crippen LogP contribution in [0, 0.1) is 13.8 Å². The van der Waals surface area contributed by atoms with Gasteiger partial charge >= 0.3 is 0 Å². The van der Waals surface area contributed by atoms with E-state index in [1.54, 1.807) is 32.2 Å². The minimum absolute atomic E-state index is 0.00517. The van der Waals surface area contributed by atoms with Crippen molar-refractivity contribution >= 4 is 21.6 Å². The van der Waals surface area contributed by atoms with E-state index in [1.807, 2.05) is 36.9 Å². The molecule has 0 bridgehead atoms. The Morgan fingerprint density at radius 3 is 2.45 bits per heavy atom. The topological polar surface area (TPSA) is 70.2 Å². The van der Waals surface area contributed by atoms with E-state index in [0.717, 1.165) is 30.6 Å². The number of anilines is 1. The number of fused-ring (bicyclic) bond motifs is 1. The highest BCUT2D eigenvalue weighted by Crippen LogP contribution is 2.45. The van der Waals surface area contributed by atoms with Gasteiger partial charge in [-0.05, 0) is 75.7 Å². The van der Waals surface area contributed by atoms with Gasteiger partial charge in [0, 0.05) is 19.6 Å². The second kappa shape index (κ2) is 8.99. The number of carbonyl (C=O) groups excluding carboxylic acids is 1. The largest absolute Gasteiger partial charge is 0.496 e. The summed E-state index contributed by atoms with van der Waals surface area (Å²) in [5, 5.41) is 0. The third-order valence-corrected chi connectivity index (χ3v) is 9.15. The summed E-state index contributed by atoms with van der Waals surface area (Å²) in [5.41, 5.74) is 2.81. The lowest BCUT2D eigenvalue weighted by molar-refractivity contribution is -0.132. The monoisotopic (exact) mass is 471 g/mol. The van der Waals surface area contributed by atoms with Crippen LogP contribution in [-0.2, 0) is 14.8 Å². The van der Waals surface area contributed by atoms with Crippen molar-refractivity contribution in [2.75, 3.05) is 44.6 Å². The molecule has 2 aliphatic rings. The predicted octanol–water partition coefficient (Wildman–Crippen LogP) is 3.16. The highest BCUT2D eigenvalue weighted by Gasteiger charge is 2.47. The van der Waals surface area contributed by atoms with E-state index >= 15 is 0 Å². The number of hydrogen-bond acceptors (Lipinski definition) is 5. The van der Waals surface area contributed by atoms with Crippen LogP contribution in [0.5, 0.6) is 5.75 Å². The van der Waals surface area contributed by atoms with Crippen LogP contribution in [0.15, 0.2) is 41.3 Å². The van der Waals surface area contributed by atoms with Crippen molar-refractivity contribution < 1.29 is 17.9 Å². The molecule has 2 aromatic carbocycles. The van der Waals surface area contributed by atoms with Crippen LogP contribution in [0.1, 0.15) is 36.0 Å². The van der Waals surface area contributed by atoms with Gasteiger partial charge in [-0.25, -0.2) is 8.42 Å². The molecule has 178 valence electrons. The van der Waals surface area contributed by atoms with Gasteiger partial charge in [-0.3, -0.25) is 9.10 Å². The summed E-state index contributed by atoms with van der Waals surface area (Å²) in [6.45, 7) is 8.63. The highest BCUT2D eigenvalue weighted by molar-refractivity contribution is 7.93. The Balaban J connectivity index is 1.75. The zero-order chi connectivity index (χ0) is 23.9. The molecule has 0 radical (unpaired) electrons. The second-order valence-electron chi connectivity index (χ2n) is 9.08. The highest BCUT2D eigenvalue weighted by atomic mass is 32.2. The fourth-order valence-corrected chi connectivity index (χ4v) is 7.07. The molecule has 0 saturated carbocycles. The van der Waals surface area contributed by atoms with Crippen molar-refractivity contribution in [2.24, 2.45) is 0 Å². The second-order valence-corrected chi connectivity index (χ2v) is 10.9. The summed E-state index contributed by atoms with van der Waals surface area (Å²) in [6, 6.07) is 10.2. The first-order chi connectivity index (χ1) is 15.7. The number of likely N-dealkylation sites (N-methyl/N-ethyl adjacent to an activating group) is 1. The molecule has 1 amide bonds. The van der Waals surface area contributed by atoms with Crippen molar-refractivity contribution in [2.45, 2.75) is 44.0 Å². The maximum Gasteiger partial charge on any atom is 0.264 e. The van der Waals surface area contributed by atoms with E-state index in [-0.39, 0.29) is 10.8 Å². The molecular weight excluding hydrogens is 438 g/mol. The molecule has 1 fully saturated rings. The summed E-state index contributed by atoms with van der Waals surface area (Å²) >= 11 is 0. The number of carbonyl (C=O) groups is 1. The molecule has 8 heteroatoms. The van der Waals surface area contributed by atoms with Gasteiger partial charge in [0.25, 0.3) is 10.0 Å². The van der Waals surface area contributed by atoms with E-state index in [2.05, 4.69) is 11.9 Å². The molecule has 0 unspecified atom stereocenters. The van der Waals surface area contributed by atoms with Crippen molar-refractivity contribution in [1.82, 2.24) is 9.80 Å². The number of methoxy groups -OCH3 is 1. The van der Waals surface area contributed by atoms with Gasteiger partial charge in [-0.2, -0.15) is 0 Å². The molecule has 1 saturated heterocycles. The summed E-state index contributed by atoms with van der Waals surface area (Å²) in [7, 11) is -0.254. The maximum atomic E-state index is 14.0. The first kappa shape index (κ1) is 23.6. The molecule has 7 nitrogen and oxygen atoms in total. The fraction of sp³-hybridized carbons (Fsp3) is 0.480. The number of sulfonamides is 1. The van der Waals surface area contributed by atoms with Gasteiger partial charge in [-0.1, -0.05) is 18.2 Å². The van der Waals surface area contributed by atoms with E-state index in [4.69, 9.17) is 4.74 Å². The zero-order valence-corrected chi connectivity index (χ0v) is 20.9. The number of nitrogens with zero attached hydrogens (tertiary/aromatic N) is 3. The Morgan fingerprint density at radius 1 is 1.00 bits per heavy atom. The van der Waals surface area contributed by atoms with Crippen LogP contribution >= 0.6 is 0 Å².